The Morgan fingerprint density at radius 3 is 2.59 bits per heavy atom. The zero-order valence-corrected chi connectivity index (χ0v) is 10.8. The Hall–Kier alpha value is -0.870. The van der Waals surface area contributed by atoms with Gasteiger partial charge in [0, 0.05) is 19.3 Å². The molecule has 4 nitrogen and oxygen atoms in total. The van der Waals surface area contributed by atoms with Crippen LogP contribution in [-0.4, -0.2) is 34.1 Å². The van der Waals surface area contributed by atoms with Crippen LogP contribution in [0, 0.1) is 0 Å². The van der Waals surface area contributed by atoms with Crippen LogP contribution in [0.15, 0.2) is 12.5 Å². The summed E-state index contributed by atoms with van der Waals surface area (Å²) in [7, 11) is 0. The average molecular weight is 236 g/mol. The molecule has 0 bridgehead atoms. The molecule has 0 aliphatic carbocycles. The molecule has 1 saturated heterocycles. The number of aryl methyl sites for hydroxylation is 1. The maximum Gasteiger partial charge on any atom is 0.0948 e. The standard InChI is InChI=1S/C13H24N4/c1-2-16-11-15-10-13(16)12(9-14)17-7-5-3-4-6-8-17/h10-12H,2-9,14H2,1H3. The van der Waals surface area contributed by atoms with Crippen LogP contribution >= 0.6 is 0 Å². The van der Waals surface area contributed by atoms with Crippen molar-refractivity contribution in [1.29, 1.82) is 0 Å². The summed E-state index contributed by atoms with van der Waals surface area (Å²) in [6, 6.07) is 0.343. The highest BCUT2D eigenvalue weighted by Gasteiger charge is 2.22. The summed E-state index contributed by atoms with van der Waals surface area (Å²) in [6.45, 7) is 6.17. The quantitative estimate of drug-likeness (QED) is 0.867. The third-order valence-electron chi connectivity index (χ3n) is 3.73. The minimum absolute atomic E-state index is 0.343. The molecule has 2 rings (SSSR count). The molecule has 0 spiro atoms. The molecule has 1 fully saturated rings. The van der Waals surface area contributed by atoms with Gasteiger partial charge < -0.3 is 10.3 Å². The monoisotopic (exact) mass is 236 g/mol. The third-order valence-corrected chi connectivity index (χ3v) is 3.73. The van der Waals surface area contributed by atoms with Gasteiger partial charge in [0.15, 0.2) is 0 Å². The van der Waals surface area contributed by atoms with Gasteiger partial charge in [0.25, 0.3) is 0 Å². The fourth-order valence-electron chi connectivity index (χ4n) is 2.74. The first-order valence-corrected chi connectivity index (χ1v) is 6.81. The lowest BCUT2D eigenvalue weighted by Gasteiger charge is -2.30. The van der Waals surface area contributed by atoms with Crippen LogP contribution in [0.4, 0.5) is 0 Å². The molecule has 96 valence electrons. The number of imidazole rings is 1. The number of rotatable bonds is 4. The number of hydrogen-bond acceptors (Lipinski definition) is 3. The fraction of sp³-hybridized carbons (Fsp3) is 0.769. The van der Waals surface area contributed by atoms with Crippen molar-refractivity contribution < 1.29 is 0 Å². The molecule has 4 heteroatoms. The number of aromatic nitrogens is 2. The molecule has 1 unspecified atom stereocenters. The van der Waals surface area contributed by atoms with Crippen LogP contribution < -0.4 is 5.73 Å². The summed E-state index contributed by atoms with van der Waals surface area (Å²) in [6.07, 6.45) is 9.22. The van der Waals surface area contributed by atoms with Gasteiger partial charge >= 0.3 is 0 Å². The molecule has 2 N–H and O–H groups in total. The van der Waals surface area contributed by atoms with Gasteiger partial charge in [0.1, 0.15) is 0 Å². The fourth-order valence-corrected chi connectivity index (χ4v) is 2.74. The minimum atomic E-state index is 0.343. The average Bonchev–Trinajstić information content (AvgIpc) is 2.65. The van der Waals surface area contributed by atoms with Gasteiger partial charge in [-0.05, 0) is 32.9 Å². The van der Waals surface area contributed by atoms with Crippen molar-refractivity contribution >= 4 is 0 Å². The van der Waals surface area contributed by atoms with Crippen molar-refractivity contribution in [2.75, 3.05) is 19.6 Å². The summed E-state index contributed by atoms with van der Waals surface area (Å²) < 4.78 is 2.21. The smallest absolute Gasteiger partial charge is 0.0948 e. The van der Waals surface area contributed by atoms with E-state index >= 15 is 0 Å². The summed E-state index contributed by atoms with van der Waals surface area (Å²) >= 11 is 0. The highest BCUT2D eigenvalue weighted by Crippen LogP contribution is 2.23. The van der Waals surface area contributed by atoms with E-state index in [1.54, 1.807) is 0 Å². The van der Waals surface area contributed by atoms with Gasteiger partial charge in [-0.15, -0.1) is 0 Å². The molecule has 0 radical (unpaired) electrons. The molecule has 0 aromatic carbocycles. The van der Waals surface area contributed by atoms with Crippen molar-refractivity contribution in [3.63, 3.8) is 0 Å². The van der Waals surface area contributed by atoms with Gasteiger partial charge in [0.2, 0.25) is 0 Å². The van der Waals surface area contributed by atoms with Crippen molar-refractivity contribution in [2.24, 2.45) is 5.73 Å². The van der Waals surface area contributed by atoms with Crippen LogP contribution in [0.3, 0.4) is 0 Å². The normalized spacial score (nSPS) is 20.1. The van der Waals surface area contributed by atoms with Crippen LogP contribution in [0.25, 0.3) is 0 Å². The lowest BCUT2D eigenvalue weighted by Crippen LogP contribution is -2.35. The maximum atomic E-state index is 5.99. The van der Waals surface area contributed by atoms with Gasteiger partial charge in [-0.2, -0.15) is 0 Å². The summed E-state index contributed by atoms with van der Waals surface area (Å²) in [5.41, 5.74) is 7.26. The maximum absolute atomic E-state index is 5.99. The minimum Gasteiger partial charge on any atom is -0.333 e. The molecule has 1 aromatic heterocycles. The van der Waals surface area contributed by atoms with E-state index in [0.717, 1.165) is 6.54 Å². The zero-order chi connectivity index (χ0) is 12.1. The molecule has 17 heavy (non-hydrogen) atoms. The first-order valence-electron chi connectivity index (χ1n) is 6.81. The Balaban J connectivity index is 2.14. The van der Waals surface area contributed by atoms with Crippen LogP contribution in [0.5, 0.6) is 0 Å². The van der Waals surface area contributed by atoms with Gasteiger partial charge in [0.05, 0.1) is 18.1 Å². The number of nitrogens with zero attached hydrogens (tertiary/aromatic N) is 3. The van der Waals surface area contributed by atoms with Crippen molar-refractivity contribution in [3.05, 3.63) is 18.2 Å². The van der Waals surface area contributed by atoms with E-state index in [-0.39, 0.29) is 0 Å². The second-order valence-electron chi connectivity index (χ2n) is 4.81. The first kappa shape index (κ1) is 12.6. The Bertz CT molecular complexity index is 326. The van der Waals surface area contributed by atoms with E-state index in [0.29, 0.717) is 12.6 Å². The molecular weight excluding hydrogens is 212 g/mol. The topological polar surface area (TPSA) is 47.1 Å². The molecular formula is C13H24N4. The lowest BCUT2D eigenvalue weighted by molar-refractivity contribution is 0.202. The SMILES string of the molecule is CCn1cncc1C(CN)N1CCCCCC1. The molecule has 1 aromatic rings. The van der Waals surface area contributed by atoms with E-state index < -0.39 is 0 Å². The summed E-state index contributed by atoms with van der Waals surface area (Å²) in [5, 5.41) is 0. The third kappa shape index (κ3) is 2.87. The zero-order valence-electron chi connectivity index (χ0n) is 10.8. The molecule has 0 amide bonds. The second kappa shape index (κ2) is 6.17. The Morgan fingerprint density at radius 1 is 1.29 bits per heavy atom. The van der Waals surface area contributed by atoms with Crippen molar-refractivity contribution in [1.82, 2.24) is 14.5 Å². The molecule has 1 aliphatic heterocycles. The Morgan fingerprint density at radius 2 is 2.00 bits per heavy atom. The van der Waals surface area contributed by atoms with Gasteiger partial charge in [-0.25, -0.2) is 4.98 Å². The van der Waals surface area contributed by atoms with E-state index in [1.165, 1.54) is 44.5 Å². The Kier molecular flexibility index (Phi) is 4.57. The number of likely N-dealkylation sites (tertiary alicyclic amines) is 1. The van der Waals surface area contributed by atoms with Crippen LogP contribution in [-0.2, 0) is 6.54 Å². The molecule has 1 aliphatic rings. The van der Waals surface area contributed by atoms with E-state index in [9.17, 15) is 0 Å². The first-order chi connectivity index (χ1) is 8.36. The number of nitrogens with two attached hydrogens (primary N) is 1. The highest BCUT2D eigenvalue weighted by atomic mass is 15.2. The van der Waals surface area contributed by atoms with Crippen molar-refractivity contribution in [3.8, 4) is 0 Å². The molecule has 1 atom stereocenters. The van der Waals surface area contributed by atoms with Gasteiger partial charge in [-0.1, -0.05) is 12.8 Å². The van der Waals surface area contributed by atoms with Crippen LogP contribution in [0.1, 0.15) is 44.3 Å². The predicted molar refractivity (Wildman–Crippen MR) is 69.7 cm³/mol. The van der Waals surface area contributed by atoms with Crippen LogP contribution in [0.2, 0.25) is 0 Å². The lowest BCUT2D eigenvalue weighted by atomic mass is 10.1. The Labute approximate surface area is 104 Å². The number of hydrogen-bond donors (Lipinski definition) is 1. The highest BCUT2D eigenvalue weighted by molar-refractivity contribution is 5.06. The predicted octanol–water partition coefficient (Wildman–Crippen LogP) is 1.78. The van der Waals surface area contributed by atoms with E-state index in [4.69, 9.17) is 5.73 Å². The van der Waals surface area contributed by atoms with E-state index in [2.05, 4.69) is 21.4 Å². The largest absolute Gasteiger partial charge is 0.333 e. The summed E-state index contributed by atoms with van der Waals surface area (Å²) in [4.78, 5) is 6.80. The van der Waals surface area contributed by atoms with Crippen molar-refractivity contribution in [2.45, 2.75) is 45.2 Å². The second-order valence-corrected chi connectivity index (χ2v) is 4.81. The molecule has 2 heterocycles. The summed E-state index contributed by atoms with van der Waals surface area (Å²) in [5.74, 6) is 0. The van der Waals surface area contributed by atoms with Gasteiger partial charge in [-0.3, -0.25) is 4.90 Å². The van der Waals surface area contributed by atoms with E-state index in [1.807, 2.05) is 12.5 Å². The molecule has 0 saturated carbocycles.